The van der Waals surface area contributed by atoms with Crippen LogP contribution in [0.15, 0.2) is 134 Å². The van der Waals surface area contributed by atoms with E-state index in [2.05, 4.69) is 231 Å². The number of fused-ring (bicyclic) bond motifs is 4. The summed E-state index contributed by atoms with van der Waals surface area (Å²) in [4.78, 5) is 9.49. The number of pyridine rings is 1. The van der Waals surface area contributed by atoms with Crippen molar-refractivity contribution in [3.05, 3.63) is 175 Å². The van der Waals surface area contributed by atoms with Crippen molar-refractivity contribution in [1.82, 2.24) is 9.55 Å². The summed E-state index contributed by atoms with van der Waals surface area (Å²) >= 11 is 0. The molecule has 0 aliphatic carbocycles. The molecule has 0 amide bonds. The third-order valence-corrected chi connectivity index (χ3v) is 12.1. The van der Waals surface area contributed by atoms with Gasteiger partial charge in [-0.1, -0.05) is 148 Å². The fourth-order valence-electron chi connectivity index (χ4n) is 8.97. The average Bonchev–Trinajstić information content (AvgIpc) is 3.78. The minimum atomic E-state index is -0.106. The molecule has 6 aromatic carbocycles. The molecule has 1 aliphatic heterocycles. The molecule has 0 radical (unpaired) electrons. The molecular formula is C57H57N4OPt-3. The summed E-state index contributed by atoms with van der Waals surface area (Å²) in [6, 6.07) is 53.0. The summed E-state index contributed by atoms with van der Waals surface area (Å²) in [7, 11) is 0. The van der Waals surface area contributed by atoms with E-state index in [9.17, 15) is 0 Å². The van der Waals surface area contributed by atoms with E-state index in [1.807, 2.05) is 12.3 Å². The first-order valence-corrected chi connectivity index (χ1v) is 21.9. The van der Waals surface area contributed by atoms with Crippen LogP contribution in [-0.2, 0) is 37.3 Å². The quantitative estimate of drug-likeness (QED) is 0.149. The second-order valence-corrected chi connectivity index (χ2v) is 20.1. The number of benzene rings is 6. The van der Waals surface area contributed by atoms with Gasteiger partial charge in [0.15, 0.2) is 0 Å². The molecule has 6 heteroatoms. The van der Waals surface area contributed by atoms with Crippen molar-refractivity contribution in [2.45, 2.75) is 98.3 Å². The molecule has 324 valence electrons. The Labute approximate surface area is 389 Å². The molecule has 3 heterocycles. The van der Waals surface area contributed by atoms with Crippen molar-refractivity contribution in [2.24, 2.45) is 0 Å². The molecule has 5 nitrogen and oxygen atoms in total. The molecule has 0 unspecified atom stereocenters. The molecule has 8 aromatic rings. The van der Waals surface area contributed by atoms with Crippen LogP contribution in [0.1, 0.15) is 104 Å². The van der Waals surface area contributed by atoms with Gasteiger partial charge in [-0.2, -0.15) is 6.07 Å². The maximum Gasteiger partial charge on any atom is 0.135 e. The van der Waals surface area contributed by atoms with Crippen LogP contribution in [0, 0.1) is 18.8 Å². The van der Waals surface area contributed by atoms with Gasteiger partial charge in [0.1, 0.15) is 5.82 Å². The normalized spacial score (nSPS) is 13.2. The standard InChI is InChI=1S/C57H57N4O.Pt/c1-37(2)43-20-18-22-47(57(9,10)11)54(43)38-31-40(59-36-60(51-26-17-16-25-50(51)59)49-24-15-13-21-46(49)56(6,7)8)34-42(32-38)62-41-27-28-45-44-19-12-14-23-48(44)61(52(45)35-41)53-33-39(29-30-58-53)55(3,4)5;/h12-33,36-37H,1-11H3;/q-3;. The molecule has 0 bridgehead atoms. The topological polar surface area (TPSA) is 33.5 Å². The van der Waals surface area contributed by atoms with Gasteiger partial charge in [-0.05, 0) is 91.8 Å². The smallest absolute Gasteiger partial charge is 0.135 e. The van der Waals surface area contributed by atoms with Crippen molar-refractivity contribution in [2.75, 3.05) is 9.80 Å². The second kappa shape index (κ2) is 16.5. The van der Waals surface area contributed by atoms with Crippen LogP contribution < -0.4 is 14.5 Å². The number of rotatable bonds is 7. The zero-order chi connectivity index (χ0) is 43.7. The predicted octanol–water partition coefficient (Wildman–Crippen LogP) is 15.7. The SMILES string of the molecule is CC(C)c1cccc(C(C)(C)C)c1-c1cc(Oc2[c-]c3c(cc2)c2ccccc2n3-c2cc(C(C)(C)C)ccn2)[c-]c(N2[CH-]N(c3ccccc3C(C)(C)C)c3ccccc32)c1.[Pt]. The summed E-state index contributed by atoms with van der Waals surface area (Å²) in [5.41, 5.74) is 13.4. The molecule has 1 aliphatic rings. The number of nitrogens with zero attached hydrogens (tertiary/aromatic N) is 4. The maximum absolute atomic E-state index is 7.00. The number of ether oxygens (including phenoxy) is 1. The molecule has 0 saturated carbocycles. The van der Waals surface area contributed by atoms with Crippen LogP contribution in [-0.4, -0.2) is 9.55 Å². The Morgan fingerprint density at radius 3 is 1.94 bits per heavy atom. The Hall–Kier alpha value is -5.64. The maximum atomic E-state index is 7.00. The summed E-state index contributed by atoms with van der Waals surface area (Å²) in [5.74, 6) is 2.37. The predicted molar refractivity (Wildman–Crippen MR) is 260 cm³/mol. The zero-order valence-corrected chi connectivity index (χ0v) is 40.6. The monoisotopic (exact) mass is 1010 g/mol. The van der Waals surface area contributed by atoms with Crippen LogP contribution in [0.25, 0.3) is 38.8 Å². The van der Waals surface area contributed by atoms with Crippen LogP contribution in [0.2, 0.25) is 0 Å². The van der Waals surface area contributed by atoms with Crippen molar-refractivity contribution >= 4 is 44.6 Å². The van der Waals surface area contributed by atoms with E-state index in [4.69, 9.17) is 9.72 Å². The Morgan fingerprint density at radius 2 is 1.24 bits per heavy atom. The Bertz CT molecular complexity index is 2980. The van der Waals surface area contributed by atoms with Gasteiger partial charge in [-0.15, -0.1) is 53.6 Å². The van der Waals surface area contributed by atoms with Gasteiger partial charge in [0.25, 0.3) is 0 Å². The van der Waals surface area contributed by atoms with Gasteiger partial charge in [-0.3, -0.25) is 0 Å². The first-order valence-electron chi connectivity index (χ1n) is 21.9. The number of para-hydroxylation sites is 4. The Balaban J connectivity index is 0.00000544. The van der Waals surface area contributed by atoms with E-state index in [1.165, 1.54) is 27.8 Å². The summed E-state index contributed by atoms with van der Waals surface area (Å²) < 4.78 is 9.22. The molecule has 0 atom stereocenters. The van der Waals surface area contributed by atoms with Gasteiger partial charge in [0.05, 0.1) is 0 Å². The van der Waals surface area contributed by atoms with E-state index in [1.54, 1.807) is 0 Å². The molecular weight excluding hydrogens is 952 g/mol. The number of anilines is 4. The molecule has 63 heavy (non-hydrogen) atoms. The second-order valence-electron chi connectivity index (χ2n) is 20.1. The molecule has 0 fully saturated rings. The fourth-order valence-corrected chi connectivity index (χ4v) is 8.97. The third-order valence-electron chi connectivity index (χ3n) is 12.1. The van der Waals surface area contributed by atoms with Gasteiger partial charge >= 0.3 is 0 Å². The molecule has 0 N–H and O–H groups in total. The zero-order valence-electron chi connectivity index (χ0n) is 38.4. The van der Waals surface area contributed by atoms with E-state index in [0.717, 1.165) is 55.9 Å². The van der Waals surface area contributed by atoms with Crippen LogP contribution >= 0.6 is 0 Å². The van der Waals surface area contributed by atoms with Crippen molar-refractivity contribution in [3.8, 4) is 28.4 Å². The van der Waals surface area contributed by atoms with Crippen LogP contribution in [0.3, 0.4) is 0 Å². The number of hydrogen-bond donors (Lipinski definition) is 0. The van der Waals surface area contributed by atoms with E-state index < -0.39 is 0 Å². The van der Waals surface area contributed by atoms with E-state index in [-0.39, 0.29) is 37.3 Å². The summed E-state index contributed by atoms with van der Waals surface area (Å²) in [6.45, 7) is 27.2. The van der Waals surface area contributed by atoms with Crippen molar-refractivity contribution in [1.29, 1.82) is 0 Å². The summed E-state index contributed by atoms with van der Waals surface area (Å²) in [5, 5.41) is 2.24. The van der Waals surface area contributed by atoms with Crippen molar-refractivity contribution < 1.29 is 25.8 Å². The Kier molecular flexibility index (Phi) is 11.5. The molecule has 9 rings (SSSR count). The first-order chi connectivity index (χ1) is 29.5. The van der Waals surface area contributed by atoms with Crippen molar-refractivity contribution in [3.63, 3.8) is 0 Å². The molecule has 0 spiro atoms. The van der Waals surface area contributed by atoms with Gasteiger partial charge < -0.3 is 19.1 Å². The van der Waals surface area contributed by atoms with Crippen LogP contribution in [0.5, 0.6) is 11.5 Å². The van der Waals surface area contributed by atoms with E-state index in [0.29, 0.717) is 17.4 Å². The Morgan fingerprint density at radius 1 is 0.587 bits per heavy atom. The fraction of sp³-hybridized carbons (Fsp3) is 0.263. The largest absolute Gasteiger partial charge is 0.509 e. The average molecular weight is 1010 g/mol. The van der Waals surface area contributed by atoms with Gasteiger partial charge in [0.2, 0.25) is 0 Å². The van der Waals surface area contributed by atoms with E-state index >= 15 is 0 Å². The molecule has 0 saturated heterocycles. The minimum Gasteiger partial charge on any atom is -0.509 e. The number of aromatic nitrogens is 2. The van der Waals surface area contributed by atoms with Crippen LogP contribution in [0.4, 0.5) is 22.7 Å². The van der Waals surface area contributed by atoms with Gasteiger partial charge in [-0.25, -0.2) is 4.98 Å². The molecule has 2 aromatic heterocycles. The number of hydrogen-bond acceptors (Lipinski definition) is 4. The minimum absolute atomic E-state index is 0. The summed E-state index contributed by atoms with van der Waals surface area (Å²) in [6.07, 6.45) is 1.91. The first kappa shape index (κ1) is 44.0. The third kappa shape index (κ3) is 8.22. The van der Waals surface area contributed by atoms with Gasteiger partial charge in [0, 0.05) is 61.3 Å².